The molecule has 6 aromatic rings. The SMILES string of the molecule is C[Si]Cc1cc(Cc2cc(Cc3cc(C)cc(-c4ccc([N+](=O)[O-])cc4)c3)cc(-c3ccc([N+](=O)[O-])cc3)c2)cc(-c2ccc([N+](=O)[O-])cc2)c1. The average molecular weight is 692 g/mol. The number of aryl methyl sites for hydroxylation is 1. The quantitative estimate of drug-likeness (QED) is 0.0713. The van der Waals surface area contributed by atoms with Crippen LogP contribution < -0.4 is 0 Å². The van der Waals surface area contributed by atoms with Gasteiger partial charge in [-0.1, -0.05) is 72.3 Å². The third-order valence-corrected chi connectivity index (χ3v) is 9.44. The van der Waals surface area contributed by atoms with Crippen LogP contribution >= 0.6 is 0 Å². The van der Waals surface area contributed by atoms with Crippen LogP contribution in [0.1, 0.15) is 33.4 Å². The van der Waals surface area contributed by atoms with Crippen LogP contribution in [0.25, 0.3) is 33.4 Å². The molecule has 0 aliphatic carbocycles. The predicted molar refractivity (Wildman–Crippen MR) is 201 cm³/mol. The van der Waals surface area contributed by atoms with Crippen molar-refractivity contribution in [2.75, 3.05) is 0 Å². The fourth-order valence-electron chi connectivity index (χ4n) is 6.40. The van der Waals surface area contributed by atoms with E-state index in [9.17, 15) is 30.3 Å². The summed E-state index contributed by atoms with van der Waals surface area (Å²) in [6.07, 6.45) is 1.26. The number of nitro groups is 3. The summed E-state index contributed by atoms with van der Waals surface area (Å²) in [7, 11) is 0.724. The van der Waals surface area contributed by atoms with Gasteiger partial charge < -0.3 is 0 Å². The summed E-state index contributed by atoms with van der Waals surface area (Å²) in [5.41, 5.74) is 12.3. The summed E-state index contributed by atoms with van der Waals surface area (Å²) in [6, 6.07) is 40.0. The zero-order valence-electron chi connectivity index (χ0n) is 28.0. The predicted octanol–water partition coefficient (Wildman–Crippen LogP) is 10.2. The summed E-state index contributed by atoms with van der Waals surface area (Å²) in [6.45, 7) is 4.19. The normalized spacial score (nSPS) is 10.9. The van der Waals surface area contributed by atoms with Gasteiger partial charge in [-0.25, -0.2) is 0 Å². The molecular weight excluding hydrogens is 659 g/mol. The molecule has 51 heavy (non-hydrogen) atoms. The fourth-order valence-corrected chi connectivity index (χ4v) is 7.01. The third-order valence-electron chi connectivity index (χ3n) is 8.67. The molecule has 0 spiro atoms. The van der Waals surface area contributed by atoms with Gasteiger partial charge in [0.2, 0.25) is 0 Å². The first kappa shape index (κ1) is 34.6. The van der Waals surface area contributed by atoms with E-state index in [1.165, 1.54) is 42.0 Å². The Kier molecular flexibility index (Phi) is 10.2. The zero-order chi connectivity index (χ0) is 36.1. The molecule has 0 heterocycles. The highest BCUT2D eigenvalue weighted by Crippen LogP contribution is 2.31. The molecule has 0 aromatic heterocycles. The van der Waals surface area contributed by atoms with Gasteiger partial charge in [-0.2, -0.15) is 0 Å². The molecule has 10 heteroatoms. The number of hydrogen-bond donors (Lipinski definition) is 0. The Bertz CT molecular complexity index is 2250. The molecule has 6 rings (SSSR count). The summed E-state index contributed by atoms with van der Waals surface area (Å²) in [5.74, 6) is 0. The molecule has 0 aliphatic heterocycles. The highest BCUT2D eigenvalue weighted by atomic mass is 28.2. The molecule has 0 saturated carbocycles. The summed E-state index contributed by atoms with van der Waals surface area (Å²) in [5, 5.41) is 33.8. The van der Waals surface area contributed by atoms with Crippen LogP contribution in [-0.4, -0.2) is 24.3 Å². The Labute approximate surface area is 297 Å². The second-order valence-electron chi connectivity index (χ2n) is 12.6. The molecule has 9 nitrogen and oxygen atoms in total. The second kappa shape index (κ2) is 15.1. The van der Waals surface area contributed by atoms with Crippen molar-refractivity contribution in [1.82, 2.24) is 0 Å². The topological polar surface area (TPSA) is 129 Å². The van der Waals surface area contributed by atoms with Crippen molar-refractivity contribution < 1.29 is 14.8 Å². The Balaban J connectivity index is 1.38. The van der Waals surface area contributed by atoms with Gasteiger partial charge in [-0.3, -0.25) is 30.3 Å². The smallest absolute Gasteiger partial charge is 0.258 e. The van der Waals surface area contributed by atoms with Crippen LogP contribution in [0, 0.1) is 37.3 Å². The van der Waals surface area contributed by atoms with Crippen LogP contribution in [0.5, 0.6) is 0 Å². The second-order valence-corrected chi connectivity index (χ2v) is 13.6. The van der Waals surface area contributed by atoms with Crippen LogP contribution in [0.2, 0.25) is 6.55 Å². The summed E-state index contributed by atoms with van der Waals surface area (Å²) < 4.78 is 0. The first-order valence-corrected chi connectivity index (χ1v) is 18.0. The van der Waals surface area contributed by atoms with Crippen LogP contribution in [0.4, 0.5) is 17.1 Å². The van der Waals surface area contributed by atoms with E-state index in [0.717, 1.165) is 76.8 Å². The molecule has 0 aliphatic rings. The number of benzene rings is 6. The lowest BCUT2D eigenvalue weighted by atomic mass is 9.91. The Morgan fingerprint density at radius 1 is 0.431 bits per heavy atom. The lowest BCUT2D eigenvalue weighted by Crippen LogP contribution is -1.99. The largest absolute Gasteiger partial charge is 0.269 e. The van der Waals surface area contributed by atoms with Crippen molar-refractivity contribution in [2.24, 2.45) is 0 Å². The molecule has 0 bridgehead atoms. The van der Waals surface area contributed by atoms with Crippen molar-refractivity contribution >= 4 is 26.6 Å². The molecule has 2 radical (unpaired) electrons. The van der Waals surface area contributed by atoms with Crippen LogP contribution in [-0.2, 0) is 18.9 Å². The molecule has 0 amide bonds. The van der Waals surface area contributed by atoms with Crippen molar-refractivity contribution in [2.45, 2.75) is 32.4 Å². The standard InChI is InChI=1S/C41H33N3O6Si/c1-27-15-28(21-36(16-27)33-3-9-39(10-4-33)42(45)46)17-29-18-30(23-37(22-29)34-5-11-40(12-6-34)43(47)48)19-31-20-32(26-51-2)25-38(24-31)35-7-13-41(14-8-35)44(49)50/h3-16,18,20-25H,17,19,26H2,1-2H3. The number of non-ortho nitro benzene ring substituents is 3. The maximum atomic E-state index is 11.4. The monoisotopic (exact) mass is 691 g/mol. The molecule has 0 saturated heterocycles. The highest BCUT2D eigenvalue weighted by Gasteiger charge is 2.13. The molecule has 6 aromatic carbocycles. The van der Waals surface area contributed by atoms with Crippen LogP contribution in [0.3, 0.4) is 0 Å². The number of nitro benzene ring substituents is 3. The van der Waals surface area contributed by atoms with E-state index >= 15 is 0 Å². The first-order valence-electron chi connectivity index (χ1n) is 16.3. The molecular formula is C41H33N3O6Si. The number of nitrogens with zero attached hydrogens (tertiary/aromatic N) is 3. The van der Waals surface area contributed by atoms with Gasteiger partial charge >= 0.3 is 0 Å². The maximum Gasteiger partial charge on any atom is 0.269 e. The average Bonchev–Trinajstić information content (AvgIpc) is 3.11. The summed E-state index contributed by atoms with van der Waals surface area (Å²) in [4.78, 5) is 32.6. The van der Waals surface area contributed by atoms with Crippen molar-refractivity contribution in [3.63, 3.8) is 0 Å². The maximum absolute atomic E-state index is 11.4. The lowest BCUT2D eigenvalue weighted by Gasteiger charge is -2.14. The van der Waals surface area contributed by atoms with E-state index in [-0.39, 0.29) is 17.1 Å². The molecule has 0 fully saturated rings. The van der Waals surface area contributed by atoms with Crippen LogP contribution in [0.15, 0.2) is 127 Å². The molecule has 0 unspecified atom stereocenters. The number of rotatable bonds is 12. The third kappa shape index (κ3) is 8.49. The molecule has 0 atom stereocenters. The van der Waals surface area contributed by atoms with Gasteiger partial charge in [-0.05, 0) is 118 Å². The Morgan fingerprint density at radius 2 is 0.745 bits per heavy atom. The van der Waals surface area contributed by atoms with E-state index < -0.39 is 14.8 Å². The zero-order valence-corrected chi connectivity index (χ0v) is 29.0. The van der Waals surface area contributed by atoms with E-state index in [0.29, 0.717) is 12.8 Å². The van der Waals surface area contributed by atoms with E-state index in [1.807, 2.05) is 6.92 Å². The van der Waals surface area contributed by atoms with E-state index in [1.54, 1.807) is 36.4 Å². The Morgan fingerprint density at radius 3 is 1.10 bits per heavy atom. The summed E-state index contributed by atoms with van der Waals surface area (Å²) >= 11 is 0. The van der Waals surface area contributed by atoms with Gasteiger partial charge in [0.05, 0.1) is 14.8 Å². The van der Waals surface area contributed by atoms with Crippen molar-refractivity contribution in [1.29, 1.82) is 0 Å². The van der Waals surface area contributed by atoms with Gasteiger partial charge in [0, 0.05) is 45.9 Å². The molecule has 252 valence electrons. The lowest BCUT2D eigenvalue weighted by molar-refractivity contribution is -0.385. The van der Waals surface area contributed by atoms with Gasteiger partial charge in [0.25, 0.3) is 17.1 Å². The van der Waals surface area contributed by atoms with Gasteiger partial charge in [0.15, 0.2) is 0 Å². The first-order chi connectivity index (χ1) is 24.5. The number of hydrogen-bond acceptors (Lipinski definition) is 6. The minimum atomic E-state index is -0.405. The van der Waals surface area contributed by atoms with Crippen molar-refractivity contribution in [3.8, 4) is 33.4 Å². The minimum Gasteiger partial charge on any atom is -0.258 e. The van der Waals surface area contributed by atoms with Gasteiger partial charge in [0.1, 0.15) is 0 Å². The highest BCUT2D eigenvalue weighted by molar-refractivity contribution is 6.32. The fraction of sp³-hybridized carbons (Fsp3) is 0.122. The van der Waals surface area contributed by atoms with Crippen molar-refractivity contribution in [3.05, 3.63) is 191 Å². The van der Waals surface area contributed by atoms with E-state index in [4.69, 9.17) is 0 Å². The molecule has 0 N–H and O–H groups in total. The minimum absolute atomic E-state index is 0.0286. The van der Waals surface area contributed by atoms with E-state index in [2.05, 4.69) is 61.1 Å². The van der Waals surface area contributed by atoms with Gasteiger partial charge in [-0.15, -0.1) is 0 Å². The Hall–Kier alpha value is -6.26.